The summed E-state index contributed by atoms with van der Waals surface area (Å²) in [5.41, 5.74) is 37.1. The van der Waals surface area contributed by atoms with E-state index in [1.54, 1.807) is 0 Å². The van der Waals surface area contributed by atoms with Crippen molar-refractivity contribution in [3.8, 4) is 50.2 Å². The lowest BCUT2D eigenvalue weighted by molar-refractivity contribution is 0.299. The lowest BCUT2D eigenvalue weighted by atomic mass is 9.55. The molecule has 0 spiro atoms. The van der Waals surface area contributed by atoms with Crippen LogP contribution in [-0.2, 0) is 37.9 Å². The Bertz CT molecular complexity index is 7630. The van der Waals surface area contributed by atoms with Crippen LogP contribution in [0.4, 0.5) is 34.1 Å². The van der Waals surface area contributed by atoms with Crippen molar-refractivity contribution in [1.82, 2.24) is 4.57 Å². The van der Waals surface area contributed by atoms with Crippen LogP contribution >= 0.6 is 0 Å². The number of hydrogen-bond acceptors (Lipinski definition) is 5. The third kappa shape index (κ3) is 11.0. The van der Waals surface area contributed by atoms with Crippen LogP contribution < -0.4 is 9.80 Å². The van der Waals surface area contributed by atoms with Crippen molar-refractivity contribution >= 4 is 122 Å². The van der Waals surface area contributed by atoms with Crippen LogP contribution in [0.2, 0.25) is 0 Å². The molecule has 0 N–H and O–H groups in total. The van der Waals surface area contributed by atoms with Crippen molar-refractivity contribution in [2.75, 3.05) is 9.80 Å². The van der Waals surface area contributed by atoms with E-state index < -0.39 is 0 Å². The van der Waals surface area contributed by atoms with Gasteiger partial charge in [-0.05, 0) is 245 Å². The third-order valence-corrected chi connectivity index (χ3v) is 30.3. The number of furan rings is 3. The maximum absolute atomic E-state index is 6.85. The Morgan fingerprint density at radius 3 is 1.16 bits per heavy atom. The molecule has 4 heterocycles. The minimum atomic E-state index is -0.141. The van der Waals surface area contributed by atoms with Gasteiger partial charge in [-0.25, -0.2) is 0 Å². The fourth-order valence-electron chi connectivity index (χ4n) is 21.8. The van der Waals surface area contributed by atoms with Crippen molar-refractivity contribution in [2.45, 2.75) is 135 Å². The largest absolute Gasteiger partial charge is 0.456 e. The molecule has 0 saturated carbocycles. The molecule has 6 heteroatoms. The van der Waals surface area contributed by atoms with E-state index in [1.807, 2.05) is 0 Å². The molecular formula is C117H99N3O3. The summed E-state index contributed by atoms with van der Waals surface area (Å²) in [6, 6.07) is 125. The van der Waals surface area contributed by atoms with Gasteiger partial charge in [0.15, 0.2) is 0 Å². The Labute approximate surface area is 719 Å². The average molecular weight is 1600 g/mol. The Balaban J connectivity index is 0.000000111. The molecule has 123 heavy (non-hydrogen) atoms. The number of benzene rings is 16. The molecule has 4 aromatic heterocycles. The average Bonchev–Trinajstić information content (AvgIpc) is 1.69. The highest BCUT2D eigenvalue weighted by molar-refractivity contribution is 6.14. The van der Waals surface area contributed by atoms with Gasteiger partial charge in [-0.1, -0.05) is 303 Å². The van der Waals surface area contributed by atoms with E-state index in [1.165, 1.54) is 127 Å². The highest BCUT2D eigenvalue weighted by atomic mass is 16.3. The number of hydrogen-bond donors (Lipinski definition) is 0. The lowest BCUT2D eigenvalue weighted by Crippen LogP contribution is -2.43. The van der Waals surface area contributed by atoms with E-state index in [0.29, 0.717) is 0 Å². The van der Waals surface area contributed by atoms with Crippen molar-refractivity contribution in [1.29, 1.82) is 0 Å². The van der Waals surface area contributed by atoms with Gasteiger partial charge in [0.1, 0.15) is 33.5 Å². The number of rotatable bonds is 7. The summed E-state index contributed by atoms with van der Waals surface area (Å²) in [5, 5.41) is 9.60. The number of fused-ring (bicyclic) bond motifs is 26. The maximum Gasteiger partial charge on any atom is 0.139 e. The zero-order chi connectivity index (χ0) is 84.2. The SMILES string of the molecule is CC1(C)c2ccccc2-c2cc3oc4ccc(-n5c6ccccc6c6ccccc65)cc4c3cc2C1(C)C.CC1(C)c2ccccc2-c2ccc(N(c3ccccc3)c3ccc4oc5c6c(ccc5c4c3)-c3ccccc3C(C)(C)C6(C)C)cc21.CC1(C)c2ccccc2-c2ccc3oc4ccc(N(c5ccccc5)c5ccccc5)cc4c3c2C1(C)C. The second-order valence-corrected chi connectivity index (χ2v) is 38.3. The smallest absolute Gasteiger partial charge is 0.139 e. The van der Waals surface area contributed by atoms with Gasteiger partial charge in [0.25, 0.3) is 0 Å². The van der Waals surface area contributed by atoms with E-state index in [4.69, 9.17) is 13.3 Å². The molecule has 4 aliphatic rings. The van der Waals surface area contributed by atoms with Crippen molar-refractivity contribution < 1.29 is 13.3 Å². The number of para-hydroxylation sites is 5. The number of nitrogens with zero attached hydrogens (tertiary/aromatic N) is 3. The molecule has 0 radical (unpaired) electrons. The van der Waals surface area contributed by atoms with E-state index in [2.05, 4.69) is 457 Å². The maximum atomic E-state index is 6.85. The first-order valence-electron chi connectivity index (χ1n) is 43.6. The summed E-state index contributed by atoms with van der Waals surface area (Å²) < 4.78 is 22.2. The number of aromatic nitrogens is 1. The molecule has 0 unspecified atom stereocenters. The summed E-state index contributed by atoms with van der Waals surface area (Å²) in [4.78, 5) is 4.71. The molecule has 24 rings (SSSR count). The van der Waals surface area contributed by atoms with Crippen LogP contribution in [0.5, 0.6) is 0 Å². The predicted molar refractivity (Wildman–Crippen MR) is 517 cm³/mol. The predicted octanol–water partition coefficient (Wildman–Crippen LogP) is 32.8. The first kappa shape index (κ1) is 75.5. The van der Waals surface area contributed by atoms with E-state index >= 15 is 0 Å². The minimum absolute atomic E-state index is 0.00204. The zero-order valence-electron chi connectivity index (χ0n) is 72.5. The first-order valence-corrected chi connectivity index (χ1v) is 43.6. The Kier molecular flexibility index (Phi) is 16.7. The summed E-state index contributed by atoms with van der Waals surface area (Å²) in [6.07, 6.45) is 0. The zero-order valence-corrected chi connectivity index (χ0v) is 72.5. The van der Waals surface area contributed by atoms with Crippen molar-refractivity contribution in [3.05, 3.63) is 390 Å². The molecule has 20 aromatic rings. The fourth-order valence-corrected chi connectivity index (χ4v) is 21.8. The van der Waals surface area contributed by atoms with E-state index in [9.17, 15) is 0 Å². The molecule has 600 valence electrons. The van der Waals surface area contributed by atoms with Crippen molar-refractivity contribution in [2.24, 2.45) is 0 Å². The Morgan fingerprint density at radius 2 is 0.585 bits per heavy atom. The van der Waals surface area contributed by atoms with Gasteiger partial charge >= 0.3 is 0 Å². The van der Waals surface area contributed by atoms with Gasteiger partial charge in [-0.2, -0.15) is 0 Å². The first-order chi connectivity index (χ1) is 59.3. The second kappa shape index (κ2) is 27.2. The van der Waals surface area contributed by atoms with Gasteiger partial charge in [0.05, 0.1) is 11.0 Å². The van der Waals surface area contributed by atoms with Gasteiger partial charge in [0, 0.05) is 105 Å². The second-order valence-electron chi connectivity index (χ2n) is 38.3. The highest BCUT2D eigenvalue weighted by Crippen LogP contribution is 2.61. The molecule has 0 aliphatic heterocycles. The molecule has 6 nitrogen and oxygen atoms in total. The van der Waals surface area contributed by atoms with Crippen LogP contribution in [0.3, 0.4) is 0 Å². The van der Waals surface area contributed by atoms with Gasteiger partial charge in [-0.3, -0.25) is 0 Å². The monoisotopic (exact) mass is 1590 g/mol. The summed E-state index contributed by atoms with van der Waals surface area (Å²) in [6.45, 7) is 33.3. The van der Waals surface area contributed by atoms with Crippen LogP contribution in [0, 0.1) is 0 Å². The molecular weight excluding hydrogens is 1500 g/mol. The van der Waals surface area contributed by atoms with Crippen LogP contribution in [0.15, 0.2) is 359 Å². The minimum Gasteiger partial charge on any atom is -0.456 e. The van der Waals surface area contributed by atoms with E-state index in [-0.39, 0.29) is 37.9 Å². The third-order valence-electron chi connectivity index (χ3n) is 30.3. The molecule has 16 aromatic carbocycles. The molecule has 0 saturated heterocycles. The number of anilines is 6. The lowest BCUT2D eigenvalue weighted by Gasteiger charge is -2.48. The summed E-state index contributed by atoms with van der Waals surface area (Å²) in [5.74, 6) is 0. The molecule has 4 aliphatic carbocycles. The quantitative estimate of drug-likeness (QED) is 0.159. The van der Waals surface area contributed by atoms with Gasteiger partial charge in [-0.15, -0.1) is 0 Å². The molecule has 0 fully saturated rings. The summed E-state index contributed by atoms with van der Waals surface area (Å²) in [7, 11) is 0. The molecule has 0 bridgehead atoms. The fraction of sp³-hybridized carbons (Fsp3) is 0.179. The standard InChI is InChI=1S/C45H39NO.C36H29NO.C36H31NO/c1-43(2)37-18-12-10-16-31(37)33-22-20-30(27-39(33)43)46(28-14-8-7-9-15-28)29-21-25-40-36(26-29)35-24-23-34-32-17-11-13-19-38(32)44(3,4)45(5,6)41(34)42(35)47-40;1-35(2)29-14-8-5-11-23(29)26-21-34-28(20-30(26)36(35,3)4)27-19-22(17-18-33(27)38-34)37-31-15-9-6-12-24(31)25-13-7-10-16-32(25)37;1-35(2)30-18-12-11-17-27(30)28-20-22-32-33(34(28)36(35,3)4)29-23-26(19-21-31(29)38-32)37(24-13-7-5-8-14-24)25-15-9-6-10-16-25/h7-27H,1-6H3;5-21H,1-4H3;5-23H,1-4H3. The van der Waals surface area contributed by atoms with Crippen molar-refractivity contribution in [3.63, 3.8) is 0 Å². The van der Waals surface area contributed by atoms with Crippen LogP contribution in [0.1, 0.15) is 141 Å². The highest BCUT2D eigenvalue weighted by Gasteiger charge is 2.50. The van der Waals surface area contributed by atoms with Gasteiger partial charge in [0.2, 0.25) is 0 Å². The van der Waals surface area contributed by atoms with E-state index in [0.717, 1.165) is 89.5 Å². The molecule has 0 amide bonds. The van der Waals surface area contributed by atoms with Crippen LogP contribution in [0.25, 0.3) is 138 Å². The summed E-state index contributed by atoms with van der Waals surface area (Å²) >= 11 is 0. The normalized spacial score (nSPS) is 15.9. The Hall–Kier alpha value is -13.7. The Morgan fingerprint density at radius 1 is 0.211 bits per heavy atom. The van der Waals surface area contributed by atoms with Crippen LogP contribution in [-0.4, -0.2) is 4.57 Å². The van der Waals surface area contributed by atoms with Gasteiger partial charge < -0.3 is 27.6 Å². The topological polar surface area (TPSA) is 50.8 Å². The molecule has 0 atom stereocenters.